The standard InChI is InChI=1S/C20H16N4/c1-13(14-7-3-2-4-8-14)22-18-12-20-19(11-15(18)21)23-16-9-5-6-10-17(16)24-20/h2-12H,21H2,1H3. The summed E-state index contributed by atoms with van der Waals surface area (Å²) < 4.78 is 0. The van der Waals surface area contributed by atoms with E-state index in [0.717, 1.165) is 33.3 Å². The molecule has 0 unspecified atom stereocenters. The fourth-order valence-electron chi connectivity index (χ4n) is 2.70. The molecule has 0 saturated heterocycles. The monoisotopic (exact) mass is 312 g/mol. The van der Waals surface area contributed by atoms with Crippen LogP contribution in [0.1, 0.15) is 12.5 Å². The van der Waals surface area contributed by atoms with Crippen LogP contribution in [0, 0.1) is 0 Å². The molecule has 1 heterocycles. The highest BCUT2D eigenvalue weighted by Gasteiger charge is 2.07. The van der Waals surface area contributed by atoms with E-state index in [1.165, 1.54) is 0 Å². The number of para-hydroxylation sites is 2. The summed E-state index contributed by atoms with van der Waals surface area (Å²) in [6, 6.07) is 21.6. The number of nitrogens with zero attached hydrogens (tertiary/aromatic N) is 3. The normalized spacial score (nSPS) is 12.0. The van der Waals surface area contributed by atoms with Gasteiger partial charge < -0.3 is 5.73 Å². The minimum atomic E-state index is 0.599. The molecule has 4 aromatic rings. The molecule has 0 bridgehead atoms. The Bertz CT molecular complexity index is 1070. The van der Waals surface area contributed by atoms with Gasteiger partial charge in [0.15, 0.2) is 0 Å². The maximum atomic E-state index is 6.18. The SMILES string of the molecule is CC(=Nc1cc2nc3ccccc3nc2cc1N)c1ccccc1. The second kappa shape index (κ2) is 5.74. The molecule has 2 N–H and O–H groups in total. The largest absolute Gasteiger partial charge is 0.397 e. The summed E-state index contributed by atoms with van der Waals surface area (Å²) in [4.78, 5) is 14.0. The van der Waals surface area contributed by atoms with Crippen LogP contribution in [0.2, 0.25) is 0 Å². The number of anilines is 1. The van der Waals surface area contributed by atoms with Gasteiger partial charge in [0.1, 0.15) is 0 Å². The molecule has 24 heavy (non-hydrogen) atoms. The van der Waals surface area contributed by atoms with Crippen molar-refractivity contribution >= 4 is 39.2 Å². The lowest BCUT2D eigenvalue weighted by Gasteiger charge is -2.06. The van der Waals surface area contributed by atoms with Crippen molar-refractivity contribution in [2.75, 3.05) is 5.73 Å². The minimum Gasteiger partial charge on any atom is -0.397 e. The van der Waals surface area contributed by atoms with Crippen LogP contribution in [-0.2, 0) is 0 Å². The Labute approximate surface area is 139 Å². The van der Waals surface area contributed by atoms with Crippen LogP contribution in [0.5, 0.6) is 0 Å². The van der Waals surface area contributed by atoms with E-state index in [-0.39, 0.29) is 0 Å². The summed E-state index contributed by atoms with van der Waals surface area (Å²) in [6.45, 7) is 1.98. The molecular formula is C20H16N4. The number of benzene rings is 3. The lowest BCUT2D eigenvalue weighted by atomic mass is 10.1. The molecule has 0 saturated carbocycles. The summed E-state index contributed by atoms with van der Waals surface area (Å²) >= 11 is 0. The zero-order chi connectivity index (χ0) is 16.5. The predicted octanol–water partition coefficient (Wildman–Crippen LogP) is 4.51. The van der Waals surface area contributed by atoms with Crippen LogP contribution >= 0.6 is 0 Å². The van der Waals surface area contributed by atoms with E-state index in [0.29, 0.717) is 11.4 Å². The molecule has 0 atom stereocenters. The van der Waals surface area contributed by atoms with Gasteiger partial charge in [-0.25, -0.2) is 9.97 Å². The summed E-state index contributed by atoms with van der Waals surface area (Å²) in [6.07, 6.45) is 0. The molecule has 4 rings (SSSR count). The second-order valence-corrected chi connectivity index (χ2v) is 5.68. The highest BCUT2D eigenvalue weighted by molar-refractivity contribution is 6.02. The molecule has 116 valence electrons. The van der Waals surface area contributed by atoms with Gasteiger partial charge in [-0.05, 0) is 36.8 Å². The van der Waals surface area contributed by atoms with Crippen molar-refractivity contribution in [3.05, 3.63) is 72.3 Å². The summed E-state index contributed by atoms with van der Waals surface area (Å²) in [5.74, 6) is 0. The van der Waals surface area contributed by atoms with Crippen LogP contribution < -0.4 is 5.73 Å². The summed E-state index contributed by atoms with van der Waals surface area (Å²) in [7, 11) is 0. The van der Waals surface area contributed by atoms with Crippen molar-refractivity contribution in [3.8, 4) is 0 Å². The number of aliphatic imine (C=N–C) groups is 1. The maximum absolute atomic E-state index is 6.18. The first kappa shape index (κ1) is 14.3. The fraction of sp³-hybridized carbons (Fsp3) is 0.0500. The lowest BCUT2D eigenvalue weighted by molar-refractivity contribution is 1.38. The van der Waals surface area contributed by atoms with Gasteiger partial charge in [0.05, 0.1) is 33.4 Å². The van der Waals surface area contributed by atoms with Gasteiger partial charge >= 0.3 is 0 Å². The maximum Gasteiger partial charge on any atom is 0.0917 e. The van der Waals surface area contributed by atoms with Gasteiger partial charge in [0, 0.05) is 5.71 Å². The van der Waals surface area contributed by atoms with Gasteiger partial charge in [-0.3, -0.25) is 4.99 Å². The molecule has 4 nitrogen and oxygen atoms in total. The van der Waals surface area contributed by atoms with E-state index >= 15 is 0 Å². The van der Waals surface area contributed by atoms with E-state index in [9.17, 15) is 0 Å². The molecule has 0 fully saturated rings. The van der Waals surface area contributed by atoms with Gasteiger partial charge in [-0.2, -0.15) is 0 Å². The van der Waals surface area contributed by atoms with Crippen LogP contribution in [0.25, 0.3) is 22.1 Å². The third-order valence-corrected chi connectivity index (χ3v) is 3.97. The quantitative estimate of drug-likeness (QED) is 0.336. The van der Waals surface area contributed by atoms with Gasteiger partial charge in [0.2, 0.25) is 0 Å². The van der Waals surface area contributed by atoms with Crippen LogP contribution in [0.3, 0.4) is 0 Å². The molecule has 1 aromatic heterocycles. The lowest BCUT2D eigenvalue weighted by Crippen LogP contribution is -1.95. The van der Waals surface area contributed by atoms with Crippen molar-refractivity contribution in [2.24, 2.45) is 4.99 Å². The number of hydrogen-bond acceptors (Lipinski definition) is 4. The van der Waals surface area contributed by atoms with Crippen molar-refractivity contribution in [1.82, 2.24) is 9.97 Å². The Balaban J connectivity index is 1.86. The third kappa shape index (κ3) is 2.58. The first-order chi connectivity index (χ1) is 11.7. The Morgan fingerprint density at radius 1 is 0.792 bits per heavy atom. The third-order valence-electron chi connectivity index (χ3n) is 3.97. The average molecular weight is 312 g/mol. The Kier molecular flexibility index (Phi) is 3.43. The fourth-order valence-corrected chi connectivity index (χ4v) is 2.70. The highest BCUT2D eigenvalue weighted by atomic mass is 14.8. The molecule has 0 radical (unpaired) electrons. The molecule has 0 amide bonds. The first-order valence-corrected chi connectivity index (χ1v) is 7.77. The van der Waals surface area contributed by atoms with Crippen molar-refractivity contribution in [1.29, 1.82) is 0 Å². The molecule has 0 spiro atoms. The topological polar surface area (TPSA) is 64.2 Å². The van der Waals surface area contributed by atoms with E-state index in [4.69, 9.17) is 5.73 Å². The second-order valence-electron chi connectivity index (χ2n) is 5.68. The summed E-state index contributed by atoms with van der Waals surface area (Å²) in [5.41, 5.74) is 12.8. The zero-order valence-electron chi connectivity index (χ0n) is 13.3. The highest BCUT2D eigenvalue weighted by Crippen LogP contribution is 2.28. The zero-order valence-corrected chi connectivity index (χ0v) is 13.3. The van der Waals surface area contributed by atoms with E-state index in [1.54, 1.807) is 0 Å². The Morgan fingerprint density at radius 3 is 2.04 bits per heavy atom. The number of aromatic nitrogens is 2. The smallest absolute Gasteiger partial charge is 0.0917 e. The predicted molar refractivity (Wildman–Crippen MR) is 99.8 cm³/mol. The molecule has 0 aliphatic heterocycles. The van der Waals surface area contributed by atoms with Crippen LogP contribution in [0.4, 0.5) is 11.4 Å². The van der Waals surface area contributed by atoms with Crippen molar-refractivity contribution < 1.29 is 0 Å². The Hall–Kier alpha value is -3.27. The van der Waals surface area contributed by atoms with Gasteiger partial charge in [-0.15, -0.1) is 0 Å². The number of nitrogens with two attached hydrogens (primary N) is 1. The first-order valence-electron chi connectivity index (χ1n) is 7.77. The Morgan fingerprint density at radius 2 is 1.38 bits per heavy atom. The average Bonchev–Trinajstić information content (AvgIpc) is 2.61. The molecular weight excluding hydrogens is 296 g/mol. The van der Waals surface area contributed by atoms with Crippen molar-refractivity contribution in [3.63, 3.8) is 0 Å². The molecule has 0 aliphatic rings. The summed E-state index contributed by atoms with van der Waals surface area (Å²) in [5, 5.41) is 0. The number of nitrogen functional groups attached to an aromatic ring is 1. The molecule has 3 aromatic carbocycles. The van der Waals surface area contributed by atoms with Crippen molar-refractivity contribution in [2.45, 2.75) is 6.92 Å². The molecule has 0 aliphatic carbocycles. The van der Waals surface area contributed by atoms with E-state index < -0.39 is 0 Å². The minimum absolute atomic E-state index is 0.599. The number of fused-ring (bicyclic) bond motifs is 2. The van der Waals surface area contributed by atoms with E-state index in [2.05, 4.69) is 15.0 Å². The van der Waals surface area contributed by atoms with Gasteiger partial charge in [0.25, 0.3) is 0 Å². The van der Waals surface area contributed by atoms with Crippen LogP contribution in [0.15, 0.2) is 71.7 Å². The van der Waals surface area contributed by atoms with Crippen LogP contribution in [-0.4, -0.2) is 15.7 Å². The number of rotatable bonds is 2. The number of hydrogen-bond donors (Lipinski definition) is 1. The molecule has 4 heteroatoms. The van der Waals surface area contributed by atoms with E-state index in [1.807, 2.05) is 73.7 Å². The van der Waals surface area contributed by atoms with Gasteiger partial charge in [-0.1, -0.05) is 42.5 Å².